The summed E-state index contributed by atoms with van der Waals surface area (Å²) < 4.78 is 6.02. The number of aryl methyl sites for hydroxylation is 1. The molecule has 2 amide bonds. The summed E-state index contributed by atoms with van der Waals surface area (Å²) in [5.74, 6) is -0.544. The summed E-state index contributed by atoms with van der Waals surface area (Å²) in [6.45, 7) is 5.57. The van der Waals surface area contributed by atoms with E-state index in [4.69, 9.17) is 4.74 Å². The van der Waals surface area contributed by atoms with Crippen LogP contribution in [-0.4, -0.2) is 65.2 Å². The third kappa shape index (κ3) is 5.74. The van der Waals surface area contributed by atoms with Crippen molar-refractivity contribution in [3.63, 3.8) is 0 Å². The molecule has 0 saturated carbocycles. The van der Waals surface area contributed by atoms with Gasteiger partial charge in [0.15, 0.2) is 0 Å². The summed E-state index contributed by atoms with van der Waals surface area (Å²) in [4.78, 5) is 32.3. The molecule has 2 aliphatic heterocycles. The molecule has 3 aromatic rings. The van der Waals surface area contributed by atoms with Gasteiger partial charge < -0.3 is 15.4 Å². The van der Waals surface area contributed by atoms with Crippen molar-refractivity contribution in [3.05, 3.63) is 71.4 Å². The number of nitrogens with one attached hydrogen (secondary N) is 3. The van der Waals surface area contributed by atoms with E-state index < -0.39 is 17.9 Å². The van der Waals surface area contributed by atoms with Gasteiger partial charge in [0.25, 0.3) is 5.91 Å². The maximum absolute atomic E-state index is 13.1. The standard InChI is InChI=1S/C28H33N5O4/c1-18-14-20(23-4-2-3-5-25(23)30-18)17-37-22-8-6-19(7-9-22)27(34)31-26-16-33(21-10-12-29-15-21)13-11-24(26)28(35)32-36/h2-9,14,21,24,26,29,36H,10-13,15-17H2,1H3,(H,31,34)(H,32,35)/t21?,24-,26+/m0/s1. The molecule has 1 unspecified atom stereocenters. The number of para-hydroxylation sites is 1. The molecule has 194 valence electrons. The molecule has 0 aliphatic carbocycles. The van der Waals surface area contributed by atoms with E-state index in [-0.39, 0.29) is 5.91 Å². The number of carbonyl (C=O) groups is 2. The number of fused-ring (bicyclic) bond motifs is 1. The fourth-order valence-electron chi connectivity index (χ4n) is 5.43. The van der Waals surface area contributed by atoms with Gasteiger partial charge in [-0.25, -0.2) is 5.48 Å². The number of hydrogen-bond donors (Lipinski definition) is 4. The minimum absolute atomic E-state index is 0.255. The van der Waals surface area contributed by atoms with Crippen molar-refractivity contribution in [1.29, 1.82) is 0 Å². The minimum atomic E-state index is -0.485. The van der Waals surface area contributed by atoms with Crippen molar-refractivity contribution in [2.24, 2.45) is 5.92 Å². The highest BCUT2D eigenvalue weighted by Crippen LogP contribution is 2.24. The van der Waals surface area contributed by atoms with Crippen LogP contribution in [0.25, 0.3) is 10.9 Å². The highest BCUT2D eigenvalue weighted by molar-refractivity contribution is 5.95. The number of likely N-dealkylation sites (tertiary alicyclic amines) is 1. The zero-order chi connectivity index (χ0) is 25.8. The smallest absolute Gasteiger partial charge is 0.251 e. The molecule has 2 aromatic carbocycles. The van der Waals surface area contributed by atoms with Gasteiger partial charge in [0.2, 0.25) is 5.91 Å². The molecule has 4 N–H and O–H groups in total. The Labute approximate surface area is 216 Å². The zero-order valence-corrected chi connectivity index (χ0v) is 20.9. The van der Waals surface area contributed by atoms with Crippen LogP contribution in [0.3, 0.4) is 0 Å². The van der Waals surface area contributed by atoms with Crippen molar-refractivity contribution in [1.82, 2.24) is 26.0 Å². The first-order valence-corrected chi connectivity index (χ1v) is 12.8. The first kappa shape index (κ1) is 25.1. The van der Waals surface area contributed by atoms with E-state index >= 15 is 0 Å². The Kier molecular flexibility index (Phi) is 7.64. The summed E-state index contributed by atoms with van der Waals surface area (Å²) in [5.41, 5.74) is 5.18. The fourth-order valence-corrected chi connectivity index (χ4v) is 5.43. The Morgan fingerprint density at radius 2 is 1.97 bits per heavy atom. The molecular formula is C28H33N5O4. The monoisotopic (exact) mass is 503 g/mol. The maximum Gasteiger partial charge on any atom is 0.251 e. The van der Waals surface area contributed by atoms with Crippen LogP contribution in [0.2, 0.25) is 0 Å². The number of ether oxygens (including phenoxy) is 1. The SMILES string of the molecule is Cc1cc(COc2ccc(C(=O)N[C@@H]3CN(C4CCNC4)CC[C@@H]3C(=O)NO)cc2)c2ccccc2n1. The number of rotatable bonds is 7. The van der Waals surface area contributed by atoms with Crippen molar-refractivity contribution in [2.45, 2.75) is 38.5 Å². The van der Waals surface area contributed by atoms with E-state index in [1.807, 2.05) is 37.3 Å². The molecule has 9 heteroatoms. The quantitative estimate of drug-likeness (QED) is 0.289. The number of piperidine rings is 1. The zero-order valence-electron chi connectivity index (χ0n) is 20.9. The van der Waals surface area contributed by atoms with E-state index in [0.717, 1.165) is 48.2 Å². The number of hydrogen-bond acceptors (Lipinski definition) is 7. The summed E-state index contributed by atoms with van der Waals surface area (Å²) in [6.07, 6.45) is 1.62. The first-order valence-electron chi connectivity index (χ1n) is 12.8. The Hall–Kier alpha value is -3.53. The van der Waals surface area contributed by atoms with Crippen LogP contribution in [0.5, 0.6) is 5.75 Å². The van der Waals surface area contributed by atoms with Gasteiger partial charge in [-0.15, -0.1) is 0 Å². The van der Waals surface area contributed by atoms with Crippen LogP contribution < -0.4 is 20.9 Å². The fraction of sp³-hybridized carbons (Fsp3) is 0.393. The lowest BCUT2D eigenvalue weighted by Gasteiger charge is -2.40. The van der Waals surface area contributed by atoms with Crippen LogP contribution in [0.15, 0.2) is 54.6 Å². The lowest BCUT2D eigenvalue weighted by molar-refractivity contribution is -0.136. The third-order valence-electron chi connectivity index (χ3n) is 7.40. The molecule has 3 heterocycles. The van der Waals surface area contributed by atoms with Gasteiger partial charge in [-0.05, 0) is 69.3 Å². The Bertz CT molecular complexity index is 1260. The maximum atomic E-state index is 13.1. The molecule has 2 fully saturated rings. The van der Waals surface area contributed by atoms with E-state index in [1.54, 1.807) is 29.7 Å². The van der Waals surface area contributed by atoms with E-state index in [9.17, 15) is 14.8 Å². The number of aromatic nitrogens is 1. The molecule has 37 heavy (non-hydrogen) atoms. The molecule has 5 rings (SSSR count). The van der Waals surface area contributed by atoms with Gasteiger partial charge in [0.05, 0.1) is 17.5 Å². The molecule has 2 aliphatic rings. The second kappa shape index (κ2) is 11.2. The number of benzene rings is 2. The Morgan fingerprint density at radius 1 is 1.16 bits per heavy atom. The molecule has 0 radical (unpaired) electrons. The molecule has 1 aromatic heterocycles. The average Bonchev–Trinajstić information content (AvgIpc) is 3.46. The Morgan fingerprint density at radius 3 is 2.73 bits per heavy atom. The predicted molar refractivity (Wildman–Crippen MR) is 139 cm³/mol. The van der Waals surface area contributed by atoms with Crippen LogP contribution in [0.4, 0.5) is 0 Å². The van der Waals surface area contributed by atoms with E-state index in [1.165, 1.54) is 0 Å². The number of carbonyl (C=O) groups excluding carboxylic acids is 2. The van der Waals surface area contributed by atoms with Crippen molar-refractivity contribution in [3.8, 4) is 5.75 Å². The highest BCUT2D eigenvalue weighted by atomic mass is 16.5. The average molecular weight is 504 g/mol. The summed E-state index contributed by atoms with van der Waals surface area (Å²) in [7, 11) is 0. The number of amides is 2. The number of nitrogens with zero attached hydrogens (tertiary/aromatic N) is 2. The molecule has 2 saturated heterocycles. The molecule has 3 atom stereocenters. The highest BCUT2D eigenvalue weighted by Gasteiger charge is 2.38. The van der Waals surface area contributed by atoms with Gasteiger partial charge in [0, 0.05) is 41.3 Å². The van der Waals surface area contributed by atoms with Crippen LogP contribution in [0, 0.1) is 12.8 Å². The lowest BCUT2D eigenvalue weighted by Crippen LogP contribution is -2.58. The van der Waals surface area contributed by atoms with E-state index in [2.05, 4.69) is 20.5 Å². The van der Waals surface area contributed by atoms with Gasteiger partial charge in [0.1, 0.15) is 12.4 Å². The van der Waals surface area contributed by atoms with Crippen molar-refractivity contribution < 1.29 is 19.5 Å². The van der Waals surface area contributed by atoms with E-state index in [0.29, 0.717) is 36.9 Å². The summed E-state index contributed by atoms with van der Waals surface area (Å²) in [5, 5.41) is 16.7. The predicted octanol–water partition coefficient (Wildman–Crippen LogP) is 2.41. The van der Waals surface area contributed by atoms with Gasteiger partial charge in [-0.2, -0.15) is 0 Å². The minimum Gasteiger partial charge on any atom is -0.489 e. The van der Waals surface area contributed by atoms with Crippen molar-refractivity contribution in [2.75, 3.05) is 26.2 Å². The van der Waals surface area contributed by atoms with Gasteiger partial charge >= 0.3 is 0 Å². The van der Waals surface area contributed by atoms with Gasteiger partial charge in [-0.3, -0.25) is 24.7 Å². The molecule has 0 bridgehead atoms. The third-order valence-corrected chi connectivity index (χ3v) is 7.40. The molecule has 0 spiro atoms. The normalized spacial score (nSPS) is 22.1. The lowest BCUT2D eigenvalue weighted by atomic mass is 9.89. The van der Waals surface area contributed by atoms with Crippen LogP contribution in [-0.2, 0) is 11.4 Å². The van der Waals surface area contributed by atoms with Crippen LogP contribution >= 0.6 is 0 Å². The van der Waals surface area contributed by atoms with Gasteiger partial charge in [-0.1, -0.05) is 18.2 Å². The molecular weight excluding hydrogens is 470 g/mol. The first-order chi connectivity index (χ1) is 18.0. The number of pyridine rings is 1. The largest absolute Gasteiger partial charge is 0.489 e. The van der Waals surface area contributed by atoms with Crippen molar-refractivity contribution >= 4 is 22.7 Å². The topological polar surface area (TPSA) is 116 Å². The second-order valence-corrected chi connectivity index (χ2v) is 9.85. The summed E-state index contributed by atoms with van der Waals surface area (Å²) >= 11 is 0. The van der Waals surface area contributed by atoms with Crippen LogP contribution in [0.1, 0.15) is 34.5 Å². The second-order valence-electron chi connectivity index (χ2n) is 9.85. The summed E-state index contributed by atoms with van der Waals surface area (Å²) in [6, 6.07) is 17.0. The molecule has 9 nitrogen and oxygen atoms in total. The Balaban J connectivity index is 1.23. The number of hydroxylamine groups is 1.